The molecule has 5 nitrogen and oxygen atoms in total. The summed E-state index contributed by atoms with van der Waals surface area (Å²) in [5.74, 6) is -0.0780. The van der Waals surface area contributed by atoms with E-state index in [4.69, 9.17) is 0 Å². The maximum absolute atomic E-state index is 12.6. The van der Waals surface area contributed by atoms with Gasteiger partial charge in [0, 0.05) is 19.2 Å². The van der Waals surface area contributed by atoms with Crippen molar-refractivity contribution in [3.8, 4) is 6.07 Å². The Morgan fingerprint density at radius 2 is 2.12 bits per heavy atom. The van der Waals surface area contributed by atoms with E-state index in [9.17, 15) is 15.2 Å². The quantitative estimate of drug-likeness (QED) is 0.798. The maximum atomic E-state index is 12.6. The monoisotopic (exact) mass is 341 g/mol. The zero-order chi connectivity index (χ0) is 17.7. The van der Waals surface area contributed by atoms with Gasteiger partial charge in [0.05, 0.1) is 12.6 Å². The Kier molecular flexibility index (Phi) is 5.72. The van der Waals surface area contributed by atoms with Crippen molar-refractivity contribution in [2.75, 3.05) is 19.7 Å². The summed E-state index contributed by atoms with van der Waals surface area (Å²) < 4.78 is 0. The lowest BCUT2D eigenvalue weighted by atomic mass is 10.00. The number of nitrogens with one attached hydrogen (secondary N) is 1. The molecule has 1 aromatic carbocycles. The van der Waals surface area contributed by atoms with Crippen molar-refractivity contribution in [1.29, 1.82) is 5.26 Å². The highest BCUT2D eigenvalue weighted by Crippen LogP contribution is 2.35. The van der Waals surface area contributed by atoms with Gasteiger partial charge in [0.2, 0.25) is 5.91 Å². The van der Waals surface area contributed by atoms with Crippen LogP contribution in [0.1, 0.15) is 55.7 Å². The van der Waals surface area contributed by atoms with Gasteiger partial charge >= 0.3 is 0 Å². The van der Waals surface area contributed by atoms with Crippen molar-refractivity contribution in [3.63, 3.8) is 0 Å². The van der Waals surface area contributed by atoms with E-state index in [0.717, 1.165) is 38.5 Å². The molecule has 3 rings (SSSR count). The molecule has 2 aliphatic carbocycles. The van der Waals surface area contributed by atoms with Gasteiger partial charge < -0.3 is 10.4 Å². The smallest absolute Gasteiger partial charge is 0.235 e. The minimum atomic E-state index is -0.673. The Morgan fingerprint density at radius 1 is 1.36 bits per heavy atom. The third-order valence-corrected chi connectivity index (χ3v) is 5.54. The van der Waals surface area contributed by atoms with Crippen LogP contribution in [0.3, 0.4) is 0 Å². The number of carbonyl (C=O) groups excluding carboxylic acids is 1. The minimum Gasteiger partial charge on any atom is -0.396 e. The third kappa shape index (κ3) is 4.02. The largest absolute Gasteiger partial charge is 0.396 e. The Morgan fingerprint density at radius 3 is 2.84 bits per heavy atom. The number of benzene rings is 1. The molecule has 1 saturated carbocycles. The van der Waals surface area contributed by atoms with Crippen LogP contribution in [-0.4, -0.2) is 41.1 Å². The number of hydrogen-bond donors (Lipinski definition) is 2. The van der Waals surface area contributed by atoms with Crippen LogP contribution in [-0.2, 0) is 11.2 Å². The van der Waals surface area contributed by atoms with Crippen LogP contribution in [0.4, 0.5) is 0 Å². The normalized spacial score (nSPS) is 21.1. The molecule has 25 heavy (non-hydrogen) atoms. The molecule has 5 heteroatoms. The lowest BCUT2D eigenvalue weighted by molar-refractivity contribution is -0.124. The van der Waals surface area contributed by atoms with Crippen LogP contribution in [0.2, 0.25) is 0 Å². The summed E-state index contributed by atoms with van der Waals surface area (Å²) in [5.41, 5.74) is 1.98. The van der Waals surface area contributed by atoms with Crippen molar-refractivity contribution in [1.82, 2.24) is 10.2 Å². The lowest BCUT2D eigenvalue weighted by Crippen LogP contribution is -2.49. The third-order valence-electron chi connectivity index (χ3n) is 5.54. The van der Waals surface area contributed by atoms with E-state index in [-0.39, 0.29) is 25.1 Å². The molecule has 1 amide bonds. The van der Waals surface area contributed by atoms with Crippen LogP contribution in [0.15, 0.2) is 24.3 Å². The second-order valence-electron chi connectivity index (χ2n) is 7.25. The molecule has 1 aromatic rings. The molecule has 2 aliphatic rings. The summed E-state index contributed by atoms with van der Waals surface area (Å²) in [6.07, 6.45) is 6.17. The van der Waals surface area contributed by atoms with Crippen LogP contribution in [0.25, 0.3) is 0 Å². The summed E-state index contributed by atoms with van der Waals surface area (Å²) in [5, 5.41) is 21.7. The van der Waals surface area contributed by atoms with Gasteiger partial charge in [0.1, 0.15) is 5.54 Å². The molecule has 0 radical (unpaired) electrons. The summed E-state index contributed by atoms with van der Waals surface area (Å²) in [6.45, 7) is 1.08. The molecule has 134 valence electrons. The van der Waals surface area contributed by atoms with E-state index >= 15 is 0 Å². The fourth-order valence-electron chi connectivity index (χ4n) is 4.27. The van der Waals surface area contributed by atoms with Crippen LogP contribution >= 0.6 is 0 Å². The van der Waals surface area contributed by atoms with Crippen LogP contribution in [0, 0.1) is 11.3 Å². The van der Waals surface area contributed by atoms with Crippen molar-refractivity contribution in [2.24, 2.45) is 0 Å². The summed E-state index contributed by atoms with van der Waals surface area (Å²) in [6, 6.07) is 10.9. The predicted molar refractivity (Wildman–Crippen MR) is 95.7 cm³/mol. The average molecular weight is 341 g/mol. The molecule has 0 aliphatic heterocycles. The second kappa shape index (κ2) is 7.99. The topological polar surface area (TPSA) is 76.4 Å². The van der Waals surface area contributed by atoms with E-state index in [1.165, 1.54) is 11.1 Å². The van der Waals surface area contributed by atoms with E-state index in [2.05, 4.69) is 34.5 Å². The number of aliphatic hydroxyl groups is 1. The molecular weight excluding hydrogens is 314 g/mol. The molecule has 0 aromatic heterocycles. The number of nitrogens with zero attached hydrogens (tertiary/aromatic N) is 2. The molecule has 0 saturated heterocycles. The number of aliphatic hydroxyl groups excluding tert-OH is 1. The van der Waals surface area contributed by atoms with Gasteiger partial charge in [-0.05, 0) is 56.1 Å². The molecule has 2 N–H and O–H groups in total. The molecule has 1 fully saturated rings. The highest BCUT2D eigenvalue weighted by Gasteiger charge is 2.36. The first-order valence-corrected chi connectivity index (χ1v) is 9.32. The SMILES string of the molecule is N#CC1(NC(=O)CN(CCCO)[C@@H]2CCc3ccccc32)CCCC1. The Bertz CT molecular complexity index is 647. The molecular formula is C20H27N3O2. The van der Waals surface area contributed by atoms with Crippen LogP contribution < -0.4 is 5.32 Å². The number of nitriles is 1. The van der Waals surface area contributed by atoms with Crippen molar-refractivity contribution < 1.29 is 9.90 Å². The van der Waals surface area contributed by atoms with Gasteiger partial charge in [-0.15, -0.1) is 0 Å². The van der Waals surface area contributed by atoms with E-state index in [1.807, 2.05) is 6.07 Å². The average Bonchev–Trinajstić information content (AvgIpc) is 3.26. The lowest BCUT2D eigenvalue weighted by Gasteiger charge is -2.30. The van der Waals surface area contributed by atoms with Crippen molar-refractivity contribution in [2.45, 2.75) is 56.5 Å². The molecule has 0 bridgehead atoms. The van der Waals surface area contributed by atoms with E-state index < -0.39 is 5.54 Å². The Labute approximate surface area is 149 Å². The summed E-state index contributed by atoms with van der Waals surface area (Å²) in [4.78, 5) is 14.8. The number of fused-ring (bicyclic) bond motifs is 1. The van der Waals surface area contributed by atoms with Gasteiger partial charge in [-0.1, -0.05) is 24.3 Å². The Hall–Kier alpha value is -1.90. The van der Waals surface area contributed by atoms with Gasteiger partial charge in [0.15, 0.2) is 0 Å². The van der Waals surface area contributed by atoms with Gasteiger partial charge in [0.25, 0.3) is 0 Å². The van der Waals surface area contributed by atoms with Crippen molar-refractivity contribution in [3.05, 3.63) is 35.4 Å². The number of hydrogen-bond acceptors (Lipinski definition) is 4. The fourth-order valence-corrected chi connectivity index (χ4v) is 4.27. The van der Waals surface area contributed by atoms with Gasteiger partial charge in [-0.3, -0.25) is 9.69 Å². The summed E-state index contributed by atoms with van der Waals surface area (Å²) in [7, 11) is 0. The number of carbonyl (C=O) groups is 1. The number of rotatable bonds is 7. The molecule has 0 spiro atoms. The highest BCUT2D eigenvalue weighted by atomic mass is 16.3. The zero-order valence-corrected chi connectivity index (χ0v) is 14.7. The highest BCUT2D eigenvalue weighted by molar-refractivity contribution is 5.79. The summed E-state index contributed by atoms with van der Waals surface area (Å²) >= 11 is 0. The van der Waals surface area contributed by atoms with E-state index in [1.54, 1.807) is 0 Å². The van der Waals surface area contributed by atoms with E-state index in [0.29, 0.717) is 13.0 Å². The second-order valence-corrected chi connectivity index (χ2v) is 7.25. The number of aryl methyl sites for hydroxylation is 1. The van der Waals surface area contributed by atoms with Gasteiger partial charge in [-0.2, -0.15) is 5.26 Å². The fraction of sp³-hybridized carbons (Fsp3) is 0.600. The number of amides is 1. The first-order valence-electron chi connectivity index (χ1n) is 9.32. The maximum Gasteiger partial charge on any atom is 0.235 e. The Balaban J connectivity index is 1.69. The molecule has 0 heterocycles. The zero-order valence-electron chi connectivity index (χ0n) is 14.7. The molecule has 1 atom stereocenters. The predicted octanol–water partition coefficient (Wildman–Crippen LogP) is 2.31. The first kappa shape index (κ1) is 17.9. The van der Waals surface area contributed by atoms with Crippen molar-refractivity contribution >= 4 is 5.91 Å². The van der Waals surface area contributed by atoms with Crippen LogP contribution in [0.5, 0.6) is 0 Å². The standard InChI is InChI=1S/C20H27N3O2/c21-15-20(10-3-4-11-20)22-19(25)14-23(12-5-13-24)18-9-8-16-6-1-2-7-17(16)18/h1-2,6-7,18,24H,3-5,8-14H2,(H,22,25)/t18-/m1/s1. The van der Waals surface area contributed by atoms with Gasteiger partial charge in [-0.25, -0.2) is 0 Å². The molecule has 0 unspecified atom stereocenters. The minimum absolute atomic E-state index is 0.0780. The first-order chi connectivity index (χ1) is 12.2.